The second-order valence-electron chi connectivity index (χ2n) is 8.54. The van der Waals surface area contributed by atoms with Crippen LogP contribution in [0.25, 0.3) is 5.76 Å². The van der Waals surface area contributed by atoms with E-state index in [0.717, 1.165) is 11.3 Å². The molecule has 0 aliphatic carbocycles. The van der Waals surface area contributed by atoms with Crippen molar-refractivity contribution >= 4 is 39.9 Å². The van der Waals surface area contributed by atoms with Crippen molar-refractivity contribution in [1.82, 2.24) is 4.98 Å². The molecule has 1 fully saturated rings. The third-order valence-electron chi connectivity index (χ3n) is 6.10. The first-order valence-electron chi connectivity index (χ1n) is 12.3. The van der Waals surface area contributed by atoms with E-state index in [9.17, 15) is 19.5 Å². The van der Waals surface area contributed by atoms with Gasteiger partial charge in [-0.1, -0.05) is 42.2 Å². The third-order valence-corrected chi connectivity index (χ3v) is 7.24. The van der Waals surface area contributed by atoms with Crippen LogP contribution in [0.4, 0.5) is 5.13 Å². The number of nitrogens with zero attached hydrogens (tertiary/aromatic N) is 2. The predicted molar refractivity (Wildman–Crippen MR) is 149 cm³/mol. The van der Waals surface area contributed by atoms with Crippen LogP contribution < -0.4 is 19.1 Å². The number of carbonyl (C=O) groups is 3. The minimum atomic E-state index is -1.10. The second-order valence-corrected chi connectivity index (χ2v) is 9.52. The van der Waals surface area contributed by atoms with Gasteiger partial charge in [-0.05, 0) is 43.7 Å². The summed E-state index contributed by atoms with van der Waals surface area (Å²) in [6.07, 6.45) is 1.44. The number of hydrogen-bond acceptors (Lipinski definition) is 10. The summed E-state index contributed by atoms with van der Waals surface area (Å²) in [5.74, 6) is -1.56. The fourth-order valence-corrected chi connectivity index (χ4v) is 5.26. The Hall–Kier alpha value is -4.64. The molecule has 11 heteroatoms. The Morgan fingerprint density at radius 1 is 1.15 bits per heavy atom. The highest BCUT2D eigenvalue weighted by atomic mass is 32.1. The lowest BCUT2D eigenvalue weighted by Crippen LogP contribution is -2.29. The molecular formula is C29H28N2O8S. The van der Waals surface area contributed by atoms with Crippen molar-refractivity contribution in [3.8, 4) is 17.2 Å². The van der Waals surface area contributed by atoms with Gasteiger partial charge in [0.1, 0.15) is 23.0 Å². The van der Waals surface area contributed by atoms with Crippen molar-refractivity contribution in [2.24, 2.45) is 0 Å². The number of thiazole rings is 1. The predicted octanol–water partition coefficient (Wildman–Crippen LogP) is 4.84. The quantitative estimate of drug-likeness (QED) is 0.121. The second kappa shape index (κ2) is 12.0. The zero-order valence-electron chi connectivity index (χ0n) is 22.4. The number of ether oxygens (including phenoxy) is 4. The lowest BCUT2D eigenvalue weighted by molar-refractivity contribution is -0.132. The van der Waals surface area contributed by atoms with E-state index in [4.69, 9.17) is 18.9 Å². The molecule has 0 saturated carbocycles. The summed E-state index contributed by atoms with van der Waals surface area (Å²) in [7, 11) is 2.95. The number of hydrogen-bond donors (Lipinski definition) is 1. The van der Waals surface area contributed by atoms with Crippen LogP contribution in [0.1, 0.15) is 39.5 Å². The van der Waals surface area contributed by atoms with E-state index in [2.05, 4.69) is 11.6 Å². The molecule has 1 atom stereocenters. The Balaban J connectivity index is 1.93. The molecule has 10 nitrogen and oxygen atoms in total. The van der Waals surface area contributed by atoms with Crippen molar-refractivity contribution in [1.29, 1.82) is 0 Å². The van der Waals surface area contributed by atoms with Crippen molar-refractivity contribution in [3.63, 3.8) is 0 Å². The zero-order valence-corrected chi connectivity index (χ0v) is 23.2. The largest absolute Gasteiger partial charge is 0.507 e. The topological polar surface area (TPSA) is 124 Å². The monoisotopic (exact) mass is 564 g/mol. The Kier molecular flexibility index (Phi) is 8.54. The summed E-state index contributed by atoms with van der Waals surface area (Å²) < 4.78 is 21.6. The Bertz CT molecular complexity index is 1510. The van der Waals surface area contributed by atoms with Gasteiger partial charge in [0.2, 0.25) is 0 Å². The molecule has 0 radical (unpaired) electrons. The molecule has 1 saturated heterocycles. The summed E-state index contributed by atoms with van der Waals surface area (Å²) in [5.41, 5.74) is 0.900. The van der Waals surface area contributed by atoms with Gasteiger partial charge in [0.15, 0.2) is 16.6 Å². The number of aryl methyl sites for hydroxylation is 1. The van der Waals surface area contributed by atoms with Gasteiger partial charge in [0.25, 0.3) is 5.78 Å². The van der Waals surface area contributed by atoms with Gasteiger partial charge < -0.3 is 24.1 Å². The first-order chi connectivity index (χ1) is 19.2. The van der Waals surface area contributed by atoms with Crippen molar-refractivity contribution in [3.05, 3.63) is 82.4 Å². The molecule has 40 heavy (non-hydrogen) atoms. The first kappa shape index (κ1) is 28.4. The molecule has 1 aromatic heterocycles. The molecule has 4 rings (SSSR count). The number of aliphatic hydroxyl groups excluding tert-OH is 1. The maximum Gasteiger partial charge on any atom is 0.350 e. The van der Waals surface area contributed by atoms with Crippen LogP contribution in [0.5, 0.6) is 17.2 Å². The number of esters is 1. The molecule has 1 amide bonds. The standard InChI is InChI=1S/C29H28N2O8S/c1-6-13-39-28(35)26-16(3)30-29(40-26)31-23(17-11-12-20(38-7-2)21(15-17)37-5)22(25(33)27(31)34)24(32)18-9-8-10-19(14-18)36-4/h6,8-12,14-15,23,32H,1,7,13H2,2-5H3. The van der Waals surface area contributed by atoms with E-state index in [-0.39, 0.29) is 27.8 Å². The Labute approximate surface area is 235 Å². The number of anilines is 1. The summed E-state index contributed by atoms with van der Waals surface area (Å²) in [6.45, 7) is 7.37. The molecular weight excluding hydrogens is 536 g/mol. The number of carbonyl (C=O) groups excluding carboxylic acids is 3. The van der Waals surface area contributed by atoms with Crippen LogP contribution in [-0.2, 0) is 14.3 Å². The number of methoxy groups -OCH3 is 2. The highest BCUT2D eigenvalue weighted by Crippen LogP contribution is 2.45. The average molecular weight is 565 g/mol. The maximum absolute atomic E-state index is 13.5. The SMILES string of the molecule is C=CCOC(=O)c1sc(N2C(=O)C(=O)C(=C(O)c3cccc(OC)c3)C2c2ccc(OCC)c(OC)c2)nc1C. The highest BCUT2D eigenvalue weighted by molar-refractivity contribution is 7.17. The van der Waals surface area contributed by atoms with Crippen molar-refractivity contribution in [2.45, 2.75) is 19.9 Å². The lowest BCUT2D eigenvalue weighted by atomic mass is 9.95. The third kappa shape index (κ3) is 5.28. The zero-order chi connectivity index (χ0) is 29.0. The minimum Gasteiger partial charge on any atom is -0.507 e. The number of aliphatic hydroxyl groups is 1. The molecule has 3 aromatic rings. The molecule has 1 aliphatic rings. The van der Waals surface area contributed by atoms with E-state index < -0.39 is 29.5 Å². The van der Waals surface area contributed by atoms with Gasteiger partial charge in [0, 0.05) is 5.56 Å². The average Bonchev–Trinajstić information content (AvgIpc) is 3.47. The number of aromatic nitrogens is 1. The van der Waals surface area contributed by atoms with Gasteiger partial charge in [-0.2, -0.15) is 0 Å². The van der Waals surface area contributed by atoms with E-state index in [1.54, 1.807) is 49.4 Å². The van der Waals surface area contributed by atoms with Crippen LogP contribution in [0.3, 0.4) is 0 Å². The van der Waals surface area contributed by atoms with Gasteiger partial charge in [-0.15, -0.1) is 0 Å². The van der Waals surface area contributed by atoms with Crippen LogP contribution in [0, 0.1) is 6.92 Å². The number of benzene rings is 2. The van der Waals surface area contributed by atoms with Gasteiger partial charge in [-0.25, -0.2) is 9.78 Å². The summed E-state index contributed by atoms with van der Waals surface area (Å²) >= 11 is 0.909. The Morgan fingerprint density at radius 3 is 2.60 bits per heavy atom. The van der Waals surface area contributed by atoms with Gasteiger partial charge in [-0.3, -0.25) is 14.5 Å². The summed E-state index contributed by atoms with van der Waals surface area (Å²) in [6, 6.07) is 10.4. The highest BCUT2D eigenvalue weighted by Gasteiger charge is 2.48. The molecule has 1 aliphatic heterocycles. The van der Waals surface area contributed by atoms with Gasteiger partial charge in [0.05, 0.1) is 38.1 Å². The molecule has 1 N–H and O–H groups in total. The Morgan fingerprint density at radius 2 is 1.93 bits per heavy atom. The molecule has 208 valence electrons. The number of rotatable bonds is 10. The normalized spacial score (nSPS) is 16.1. The summed E-state index contributed by atoms with van der Waals surface area (Å²) in [5, 5.41) is 11.5. The van der Waals surface area contributed by atoms with Crippen molar-refractivity contribution in [2.75, 3.05) is 32.3 Å². The van der Waals surface area contributed by atoms with Crippen LogP contribution in [-0.4, -0.2) is 55.2 Å². The number of ketones is 1. The van der Waals surface area contributed by atoms with Crippen LogP contribution in [0.2, 0.25) is 0 Å². The first-order valence-corrected chi connectivity index (χ1v) is 13.1. The fraction of sp³-hybridized carbons (Fsp3) is 0.241. The molecule has 0 bridgehead atoms. The fourth-order valence-electron chi connectivity index (χ4n) is 4.27. The number of Topliss-reactive ketones (excluding diaryl/α,β-unsaturated/α-hetero) is 1. The smallest absolute Gasteiger partial charge is 0.350 e. The van der Waals surface area contributed by atoms with E-state index in [1.165, 1.54) is 25.2 Å². The van der Waals surface area contributed by atoms with Crippen LogP contribution in [0.15, 0.2) is 60.7 Å². The van der Waals surface area contributed by atoms with Crippen molar-refractivity contribution < 1.29 is 38.4 Å². The number of amides is 1. The minimum absolute atomic E-state index is 0.00251. The molecule has 0 spiro atoms. The lowest BCUT2D eigenvalue weighted by Gasteiger charge is -2.24. The molecule has 1 unspecified atom stereocenters. The van der Waals surface area contributed by atoms with E-state index >= 15 is 0 Å². The van der Waals surface area contributed by atoms with E-state index in [0.29, 0.717) is 35.1 Å². The summed E-state index contributed by atoms with van der Waals surface area (Å²) in [4.78, 5) is 45.4. The van der Waals surface area contributed by atoms with Crippen LogP contribution >= 0.6 is 11.3 Å². The maximum atomic E-state index is 13.5. The molecule has 2 aromatic carbocycles. The van der Waals surface area contributed by atoms with Gasteiger partial charge >= 0.3 is 11.9 Å². The molecule has 2 heterocycles. The van der Waals surface area contributed by atoms with E-state index in [1.807, 2.05) is 6.92 Å².